The Hall–Kier alpha value is -3.68. The number of aromatic nitrogens is 2. The molecule has 1 aliphatic carbocycles. The zero-order chi connectivity index (χ0) is 31.5. The number of pyridine rings is 2. The van der Waals surface area contributed by atoms with Crippen molar-refractivity contribution in [3.63, 3.8) is 0 Å². The Bertz CT molecular complexity index is 1670. The van der Waals surface area contributed by atoms with Gasteiger partial charge in [-0.2, -0.15) is 4.39 Å². The van der Waals surface area contributed by atoms with Gasteiger partial charge in [-0.3, -0.25) is 9.99 Å². The monoisotopic (exact) mass is 572 g/mol. The molecule has 0 bridgehead atoms. The fourth-order valence-corrected chi connectivity index (χ4v) is 4.69. The van der Waals surface area contributed by atoms with Crippen molar-refractivity contribution in [3.05, 3.63) is 70.2 Å². The first-order valence-corrected chi connectivity index (χ1v) is 13.0. The molecule has 1 aliphatic heterocycles. The number of hydrogen-bond donors (Lipinski definition) is 4. The second kappa shape index (κ2) is 10.4. The minimum Gasteiger partial charge on any atom is -0.383 e. The molecule has 4 N–H and O–H groups in total. The third-order valence-corrected chi connectivity index (χ3v) is 7.01. The second-order valence-electron chi connectivity index (χ2n) is 10.9. The van der Waals surface area contributed by atoms with Gasteiger partial charge in [0.1, 0.15) is 5.54 Å². The number of halogens is 4. The van der Waals surface area contributed by atoms with Crippen LogP contribution in [0.3, 0.4) is 0 Å². The van der Waals surface area contributed by atoms with E-state index in [4.69, 9.17) is 20.8 Å². The maximum Gasteiger partial charge on any atom is 0.262 e. The third-order valence-electron chi connectivity index (χ3n) is 6.72. The van der Waals surface area contributed by atoms with Crippen molar-refractivity contribution in [1.82, 2.24) is 25.9 Å². The Morgan fingerprint density at radius 2 is 2.08 bits per heavy atom. The highest BCUT2D eigenvalue weighted by molar-refractivity contribution is 6.35. The summed E-state index contributed by atoms with van der Waals surface area (Å²) in [6.45, 7) is 4.86. The summed E-state index contributed by atoms with van der Waals surface area (Å²) in [4.78, 5) is 8.27. The van der Waals surface area contributed by atoms with E-state index in [1.807, 2.05) is 0 Å². The van der Waals surface area contributed by atoms with Gasteiger partial charge in [0.05, 0.1) is 34.9 Å². The number of hydrogen-bond acceptors (Lipinski definition) is 7. The molecular weight excluding hydrogens is 539 g/mol. The lowest BCUT2D eigenvalue weighted by Crippen LogP contribution is -2.48. The van der Waals surface area contributed by atoms with Gasteiger partial charge in [0.2, 0.25) is 5.95 Å². The molecule has 11 heteroatoms. The summed E-state index contributed by atoms with van der Waals surface area (Å²) in [5.41, 5.74) is 5.14. The Labute approximate surface area is 240 Å². The lowest BCUT2D eigenvalue weighted by molar-refractivity contribution is 0.00911. The SMILES string of the molecule is [2H]C([2H])(Nc1c(C#C)cnc2c(Cl)cc(N[C@@]([2H])(C3=CN(C4(C(F)F)CC4)NN3)c3ccc(F)nc3C)cc12)C(C)(C)C. The molecule has 210 valence electrons. The number of nitrogens with one attached hydrogen (secondary N) is 4. The van der Waals surface area contributed by atoms with Crippen LogP contribution < -0.4 is 21.6 Å². The highest BCUT2D eigenvalue weighted by Gasteiger charge is 2.56. The van der Waals surface area contributed by atoms with Gasteiger partial charge >= 0.3 is 0 Å². The van der Waals surface area contributed by atoms with E-state index >= 15 is 0 Å². The second-order valence-corrected chi connectivity index (χ2v) is 11.3. The fourth-order valence-electron chi connectivity index (χ4n) is 4.42. The number of aryl methyl sites for hydroxylation is 1. The number of terminal acetylenes is 1. The van der Waals surface area contributed by atoms with Gasteiger partial charge in [-0.25, -0.2) is 13.8 Å². The van der Waals surface area contributed by atoms with Crippen LogP contribution in [0.4, 0.5) is 24.5 Å². The average Bonchev–Trinajstić information content (AvgIpc) is 3.57. The van der Waals surface area contributed by atoms with Crippen molar-refractivity contribution < 1.29 is 17.3 Å². The van der Waals surface area contributed by atoms with Crippen LogP contribution in [0.15, 0.2) is 42.4 Å². The number of nitrogens with zero attached hydrogens (tertiary/aromatic N) is 3. The smallest absolute Gasteiger partial charge is 0.262 e. The molecule has 40 heavy (non-hydrogen) atoms. The first-order valence-electron chi connectivity index (χ1n) is 14.1. The molecule has 3 aromatic rings. The Morgan fingerprint density at radius 1 is 1.32 bits per heavy atom. The fraction of sp³-hybridized carbons (Fsp3) is 0.379. The minimum absolute atomic E-state index is 0.144. The number of benzene rings is 1. The van der Waals surface area contributed by atoms with E-state index in [1.54, 1.807) is 33.8 Å². The van der Waals surface area contributed by atoms with Gasteiger partial charge in [-0.05, 0) is 43.4 Å². The van der Waals surface area contributed by atoms with Gasteiger partial charge in [-0.15, -0.1) is 12.0 Å². The molecular formula is C29H31ClF3N7. The van der Waals surface area contributed by atoms with Gasteiger partial charge in [0, 0.05) is 44.0 Å². The Morgan fingerprint density at radius 3 is 2.70 bits per heavy atom. The van der Waals surface area contributed by atoms with Crippen molar-refractivity contribution in [1.29, 1.82) is 0 Å². The molecule has 1 atom stereocenters. The number of rotatable bonds is 8. The van der Waals surface area contributed by atoms with Crippen LogP contribution in [0.2, 0.25) is 5.02 Å². The van der Waals surface area contributed by atoms with Crippen LogP contribution in [0.25, 0.3) is 10.9 Å². The van der Waals surface area contributed by atoms with Crippen molar-refractivity contribution in [3.8, 4) is 12.3 Å². The predicted octanol–water partition coefficient (Wildman–Crippen LogP) is 6.29. The van der Waals surface area contributed by atoms with Crippen molar-refractivity contribution in [2.75, 3.05) is 17.1 Å². The number of fused-ring (bicyclic) bond motifs is 1. The maximum atomic E-state index is 14.0. The quantitative estimate of drug-likeness (QED) is 0.187. The highest BCUT2D eigenvalue weighted by atomic mass is 35.5. The number of anilines is 2. The summed E-state index contributed by atoms with van der Waals surface area (Å²) in [7, 11) is 0. The summed E-state index contributed by atoms with van der Waals surface area (Å²) < 4.78 is 68.7. The molecule has 0 unspecified atom stereocenters. The minimum atomic E-state index is -2.63. The molecule has 0 saturated heterocycles. The van der Waals surface area contributed by atoms with Crippen molar-refractivity contribution in [2.45, 2.75) is 58.5 Å². The van der Waals surface area contributed by atoms with Crippen molar-refractivity contribution in [2.24, 2.45) is 5.41 Å². The van der Waals surface area contributed by atoms with Crippen LogP contribution in [0, 0.1) is 30.6 Å². The first-order chi connectivity index (χ1) is 20.0. The van der Waals surface area contributed by atoms with E-state index in [2.05, 4.69) is 37.5 Å². The van der Waals surface area contributed by atoms with E-state index in [1.165, 1.54) is 29.5 Å². The summed E-state index contributed by atoms with van der Waals surface area (Å²) in [6, 6.07) is 3.75. The first kappa shape index (κ1) is 24.1. The number of hydrazine groups is 2. The van der Waals surface area contributed by atoms with Crippen molar-refractivity contribution >= 4 is 33.9 Å². The predicted molar refractivity (Wildman–Crippen MR) is 152 cm³/mol. The Kier molecular flexibility index (Phi) is 6.26. The Balaban J connectivity index is 1.65. The maximum absolute atomic E-state index is 14.0. The summed E-state index contributed by atoms with van der Waals surface area (Å²) >= 11 is 6.67. The van der Waals surface area contributed by atoms with Crippen LogP contribution >= 0.6 is 11.6 Å². The lowest BCUT2D eigenvalue weighted by atomic mass is 9.96. The molecule has 3 heterocycles. The highest BCUT2D eigenvalue weighted by Crippen LogP contribution is 2.47. The molecule has 2 aromatic heterocycles. The molecule has 1 saturated carbocycles. The van der Waals surface area contributed by atoms with E-state index in [-0.39, 0.29) is 40.5 Å². The zero-order valence-corrected chi connectivity index (χ0v) is 23.1. The standard InChI is InChI=1S/C29H31ClF3N7/c1-6-17-13-34-25-20(24(17)35-15-28(3,4)5)11-18(12-21(25)30)37-26(19-7-8-23(31)36-16(19)2)22-14-40(39-38-22)29(9-10-29)27(32)33/h1,7-8,11-14,26-27,37-39H,9-10,15H2,2-5H3,(H,34,35)/t26-/m1/s1/i15D2,26D. The summed E-state index contributed by atoms with van der Waals surface area (Å²) in [6.07, 6.45) is 6.48. The molecule has 0 spiro atoms. The van der Waals surface area contributed by atoms with Crippen LogP contribution in [0.1, 0.15) is 60.6 Å². The molecule has 1 fully saturated rings. The van der Waals surface area contributed by atoms with E-state index < -0.39 is 35.8 Å². The third kappa shape index (κ3) is 5.36. The van der Waals surface area contributed by atoms with E-state index in [0.717, 1.165) is 6.07 Å². The topological polar surface area (TPSA) is 77.1 Å². The van der Waals surface area contributed by atoms with Crippen LogP contribution in [-0.4, -0.2) is 33.4 Å². The van der Waals surface area contributed by atoms with E-state index in [0.29, 0.717) is 22.2 Å². The van der Waals surface area contributed by atoms with Gasteiger partial charge < -0.3 is 16.1 Å². The largest absolute Gasteiger partial charge is 0.383 e. The van der Waals surface area contributed by atoms with Crippen LogP contribution in [-0.2, 0) is 0 Å². The molecule has 5 rings (SSSR count). The van der Waals surface area contributed by atoms with E-state index in [9.17, 15) is 14.5 Å². The molecule has 7 nitrogen and oxygen atoms in total. The molecule has 0 radical (unpaired) electrons. The van der Waals surface area contributed by atoms with Gasteiger partial charge in [-0.1, -0.05) is 44.4 Å². The molecule has 2 aliphatic rings. The lowest BCUT2D eigenvalue weighted by Gasteiger charge is -2.25. The van der Waals surface area contributed by atoms with Gasteiger partial charge in [0.15, 0.2) is 0 Å². The summed E-state index contributed by atoms with van der Waals surface area (Å²) in [5, 5.41) is 7.89. The molecule has 1 aromatic carbocycles. The number of alkyl halides is 2. The molecule has 0 amide bonds. The van der Waals surface area contributed by atoms with Crippen LogP contribution in [0.5, 0.6) is 0 Å². The summed E-state index contributed by atoms with van der Waals surface area (Å²) in [5.74, 6) is 1.80. The average molecular weight is 573 g/mol. The van der Waals surface area contributed by atoms with Gasteiger partial charge in [0.25, 0.3) is 6.43 Å². The zero-order valence-electron chi connectivity index (χ0n) is 25.4. The normalized spacial score (nSPS) is 19.1.